The van der Waals surface area contributed by atoms with Crippen LogP contribution in [0, 0.1) is 11.3 Å². The van der Waals surface area contributed by atoms with Gasteiger partial charge in [0.1, 0.15) is 23.2 Å². The standard InChI is InChI=1S/C22H20F3N5O3/c1-22(2,10-26)12-7-27-19-13(8-28-30(19)9-12)11-4-16(32-3)18(17(5-11)33-21(24)25)20(31)29-15-6-14(15)23/h4-5,7-9,14-15,21H,6H2,1-3H3,(H,29,31)/t14-,15+/m0/s1. The molecule has 2 aromatic heterocycles. The van der Waals surface area contributed by atoms with E-state index < -0.39 is 35.9 Å². The summed E-state index contributed by atoms with van der Waals surface area (Å²) in [7, 11) is 1.28. The van der Waals surface area contributed by atoms with Crippen molar-refractivity contribution < 1.29 is 27.4 Å². The highest BCUT2D eigenvalue weighted by Crippen LogP contribution is 2.38. The second-order valence-electron chi connectivity index (χ2n) is 8.17. The van der Waals surface area contributed by atoms with Gasteiger partial charge in [-0.15, -0.1) is 0 Å². The highest BCUT2D eigenvalue weighted by molar-refractivity contribution is 6.01. The molecule has 4 rings (SSSR count). The Morgan fingerprint density at radius 2 is 2.03 bits per heavy atom. The van der Waals surface area contributed by atoms with Gasteiger partial charge in [0.25, 0.3) is 5.91 Å². The molecule has 0 radical (unpaired) electrons. The molecule has 33 heavy (non-hydrogen) atoms. The molecule has 2 heterocycles. The number of hydrogen-bond acceptors (Lipinski definition) is 6. The number of halogens is 3. The molecule has 11 heteroatoms. The number of amides is 1. The maximum Gasteiger partial charge on any atom is 0.387 e. The van der Waals surface area contributed by atoms with Gasteiger partial charge in [0.05, 0.1) is 30.8 Å². The lowest BCUT2D eigenvalue weighted by atomic mass is 9.89. The van der Waals surface area contributed by atoms with Gasteiger partial charge in [-0.1, -0.05) is 0 Å². The fraction of sp³-hybridized carbons (Fsp3) is 0.364. The molecule has 1 N–H and O–H groups in total. The zero-order valence-corrected chi connectivity index (χ0v) is 18.0. The van der Waals surface area contributed by atoms with Crippen LogP contribution in [0.5, 0.6) is 11.5 Å². The number of nitrogens with one attached hydrogen (secondary N) is 1. The Labute approximate surface area is 186 Å². The van der Waals surface area contributed by atoms with Crippen molar-refractivity contribution in [1.82, 2.24) is 19.9 Å². The first-order valence-corrected chi connectivity index (χ1v) is 10.0. The van der Waals surface area contributed by atoms with E-state index in [-0.39, 0.29) is 17.7 Å². The van der Waals surface area contributed by atoms with E-state index in [1.807, 2.05) is 0 Å². The molecule has 1 saturated carbocycles. The Morgan fingerprint density at radius 1 is 1.33 bits per heavy atom. The fourth-order valence-electron chi connectivity index (χ4n) is 3.34. The molecular weight excluding hydrogens is 439 g/mol. The molecule has 1 aromatic carbocycles. The van der Waals surface area contributed by atoms with E-state index in [1.165, 1.54) is 30.0 Å². The summed E-state index contributed by atoms with van der Waals surface area (Å²) in [6, 6.07) is 4.25. The fourth-order valence-corrected chi connectivity index (χ4v) is 3.34. The average molecular weight is 459 g/mol. The Bertz CT molecular complexity index is 1270. The third-order valence-corrected chi connectivity index (χ3v) is 5.43. The largest absolute Gasteiger partial charge is 0.496 e. The molecule has 0 saturated heterocycles. The molecule has 0 bridgehead atoms. The van der Waals surface area contributed by atoms with Crippen LogP contribution in [0.1, 0.15) is 36.2 Å². The van der Waals surface area contributed by atoms with Crippen LogP contribution in [0.25, 0.3) is 16.8 Å². The number of alkyl halides is 3. The van der Waals surface area contributed by atoms with Gasteiger partial charge in [0.15, 0.2) is 5.65 Å². The third-order valence-electron chi connectivity index (χ3n) is 5.43. The molecule has 172 valence electrons. The maximum absolute atomic E-state index is 13.2. The lowest BCUT2D eigenvalue weighted by Crippen LogP contribution is -2.28. The van der Waals surface area contributed by atoms with E-state index in [0.29, 0.717) is 22.3 Å². The first kappa shape index (κ1) is 22.4. The zero-order chi connectivity index (χ0) is 23.9. The van der Waals surface area contributed by atoms with Crippen molar-refractivity contribution in [2.24, 2.45) is 0 Å². The summed E-state index contributed by atoms with van der Waals surface area (Å²) in [5, 5.41) is 16.1. The highest BCUT2D eigenvalue weighted by atomic mass is 19.3. The SMILES string of the molecule is COc1cc(-c2cnn3cc(C(C)(C)C#N)cnc23)cc(OC(F)F)c1C(=O)N[C@@H]1C[C@@H]1F. The molecule has 1 amide bonds. The summed E-state index contributed by atoms with van der Waals surface area (Å²) in [6.45, 7) is 0.287. The van der Waals surface area contributed by atoms with Crippen molar-refractivity contribution in [2.45, 2.75) is 44.5 Å². The number of hydrogen-bond donors (Lipinski definition) is 1. The predicted molar refractivity (Wildman–Crippen MR) is 111 cm³/mol. The number of nitrogens with zero attached hydrogens (tertiary/aromatic N) is 4. The maximum atomic E-state index is 13.2. The van der Waals surface area contributed by atoms with Crippen LogP contribution in [0.15, 0.2) is 30.7 Å². The Kier molecular flexibility index (Phi) is 5.61. The second kappa shape index (κ2) is 8.27. The van der Waals surface area contributed by atoms with Gasteiger partial charge < -0.3 is 14.8 Å². The quantitative estimate of drug-likeness (QED) is 0.579. The first-order valence-electron chi connectivity index (χ1n) is 10.0. The van der Waals surface area contributed by atoms with Gasteiger partial charge in [-0.3, -0.25) is 4.79 Å². The first-order chi connectivity index (χ1) is 15.6. The van der Waals surface area contributed by atoms with E-state index in [1.54, 1.807) is 26.2 Å². The van der Waals surface area contributed by atoms with Crippen LogP contribution >= 0.6 is 0 Å². The monoisotopic (exact) mass is 459 g/mol. The van der Waals surface area contributed by atoms with E-state index in [2.05, 4.69) is 26.2 Å². The van der Waals surface area contributed by atoms with Crippen molar-refractivity contribution in [3.05, 3.63) is 41.9 Å². The molecule has 0 unspecified atom stereocenters. The Balaban J connectivity index is 1.80. The van der Waals surface area contributed by atoms with Crippen LogP contribution in [-0.2, 0) is 5.41 Å². The summed E-state index contributed by atoms with van der Waals surface area (Å²) in [5.74, 6) is -1.23. The minimum absolute atomic E-state index is 0.0294. The van der Waals surface area contributed by atoms with Crippen LogP contribution < -0.4 is 14.8 Å². The number of carbonyl (C=O) groups is 1. The summed E-state index contributed by atoms with van der Waals surface area (Å²) in [6.07, 6.45) is 3.68. The van der Waals surface area contributed by atoms with Gasteiger partial charge >= 0.3 is 6.61 Å². The minimum Gasteiger partial charge on any atom is -0.496 e. The number of nitriles is 1. The lowest BCUT2D eigenvalue weighted by Gasteiger charge is -2.16. The average Bonchev–Trinajstić information content (AvgIpc) is 3.30. The molecule has 1 fully saturated rings. The number of benzene rings is 1. The second-order valence-corrected chi connectivity index (χ2v) is 8.17. The molecule has 1 aliphatic rings. The molecule has 3 aromatic rings. The van der Waals surface area contributed by atoms with Gasteiger partial charge in [0.2, 0.25) is 0 Å². The van der Waals surface area contributed by atoms with E-state index in [0.717, 1.165) is 0 Å². The molecule has 2 atom stereocenters. The van der Waals surface area contributed by atoms with Crippen LogP contribution in [0.3, 0.4) is 0 Å². The number of aromatic nitrogens is 3. The number of fused-ring (bicyclic) bond motifs is 1. The van der Waals surface area contributed by atoms with Crippen LogP contribution in [-0.4, -0.2) is 46.4 Å². The van der Waals surface area contributed by atoms with E-state index in [4.69, 9.17) is 4.74 Å². The Hall–Kier alpha value is -3.81. The van der Waals surface area contributed by atoms with Gasteiger partial charge in [-0.2, -0.15) is 19.1 Å². The topological polar surface area (TPSA) is 102 Å². The number of rotatable bonds is 7. The van der Waals surface area contributed by atoms with Crippen LogP contribution in [0.4, 0.5) is 13.2 Å². The third kappa shape index (κ3) is 4.28. The smallest absolute Gasteiger partial charge is 0.387 e. The van der Waals surface area contributed by atoms with Crippen molar-refractivity contribution in [3.8, 4) is 28.7 Å². The van der Waals surface area contributed by atoms with Gasteiger partial charge in [-0.25, -0.2) is 13.9 Å². The van der Waals surface area contributed by atoms with E-state index >= 15 is 0 Å². The molecule has 1 aliphatic carbocycles. The van der Waals surface area contributed by atoms with Crippen molar-refractivity contribution in [3.63, 3.8) is 0 Å². The molecule has 0 aliphatic heterocycles. The molecule has 8 nitrogen and oxygen atoms in total. The van der Waals surface area contributed by atoms with Crippen LogP contribution in [0.2, 0.25) is 0 Å². The van der Waals surface area contributed by atoms with Gasteiger partial charge in [0, 0.05) is 29.9 Å². The van der Waals surface area contributed by atoms with Crippen molar-refractivity contribution in [1.29, 1.82) is 5.26 Å². The van der Waals surface area contributed by atoms with Crippen molar-refractivity contribution >= 4 is 11.6 Å². The number of ether oxygens (including phenoxy) is 2. The molecule has 0 spiro atoms. The van der Waals surface area contributed by atoms with E-state index in [9.17, 15) is 23.2 Å². The summed E-state index contributed by atoms with van der Waals surface area (Å²) in [5.41, 5.74) is 0.820. The normalized spacial score (nSPS) is 17.6. The number of methoxy groups -OCH3 is 1. The molecular formula is C22H20F3N5O3. The summed E-state index contributed by atoms with van der Waals surface area (Å²) < 4.78 is 50.9. The zero-order valence-electron chi connectivity index (χ0n) is 18.0. The Morgan fingerprint density at radius 3 is 2.64 bits per heavy atom. The minimum atomic E-state index is -3.20. The lowest BCUT2D eigenvalue weighted by molar-refractivity contribution is -0.0502. The predicted octanol–water partition coefficient (Wildman–Crippen LogP) is 3.65. The summed E-state index contributed by atoms with van der Waals surface area (Å²) in [4.78, 5) is 17.0. The summed E-state index contributed by atoms with van der Waals surface area (Å²) >= 11 is 0. The number of carbonyl (C=O) groups excluding carboxylic acids is 1. The van der Waals surface area contributed by atoms with Gasteiger partial charge in [-0.05, 0) is 31.5 Å². The van der Waals surface area contributed by atoms with Crippen molar-refractivity contribution in [2.75, 3.05) is 7.11 Å². The highest BCUT2D eigenvalue weighted by Gasteiger charge is 2.40.